The predicted molar refractivity (Wildman–Crippen MR) is 118 cm³/mol. The normalized spacial score (nSPS) is 12.3. The van der Waals surface area contributed by atoms with Crippen molar-refractivity contribution in [2.24, 2.45) is 7.05 Å². The van der Waals surface area contributed by atoms with Crippen LogP contribution in [-0.4, -0.2) is 40.1 Å². The van der Waals surface area contributed by atoms with E-state index in [0.717, 1.165) is 10.9 Å². The molecule has 0 saturated carbocycles. The number of nitrogens with zero attached hydrogens (tertiary/aromatic N) is 5. The number of aromatic nitrogens is 5. The molecule has 0 aliphatic heterocycles. The molecule has 162 valence electrons. The van der Waals surface area contributed by atoms with Crippen molar-refractivity contribution >= 4 is 26.6 Å². The van der Waals surface area contributed by atoms with E-state index in [2.05, 4.69) is 40.7 Å². The van der Waals surface area contributed by atoms with Crippen molar-refractivity contribution in [3.8, 4) is 11.6 Å². The minimum absolute atomic E-state index is 0.0108. The Balaban J connectivity index is 1.72. The highest BCUT2D eigenvalue weighted by atomic mass is 32.2. The highest BCUT2D eigenvalue weighted by Gasteiger charge is 2.23. The Morgan fingerprint density at radius 2 is 1.87 bits per heavy atom. The Labute approximate surface area is 180 Å². The third-order valence-corrected chi connectivity index (χ3v) is 6.34. The predicted octanol–water partition coefficient (Wildman–Crippen LogP) is 3.26. The molecule has 3 aromatic heterocycles. The fourth-order valence-electron chi connectivity index (χ4n) is 3.29. The van der Waals surface area contributed by atoms with Crippen molar-refractivity contribution in [2.75, 3.05) is 11.8 Å². The Morgan fingerprint density at radius 1 is 1.10 bits per heavy atom. The molecule has 1 aromatic carbocycles. The van der Waals surface area contributed by atoms with Crippen LogP contribution in [0.2, 0.25) is 0 Å². The minimum atomic E-state index is -3.94. The van der Waals surface area contributed by atoms with Gasteiger partial charge in [-0.25, -0.2) is 18.1 Å². The third-order valence-electron chi connectivity index (χ3n) is 5.04. The first kappa shape index (κ1) is 20.9. The molecule has 0 saturated heterocycles. The molecule has 3 heterocycles. The summed E-state index contributed by atoms with van der Waals surface area (Å²) in [6, 6.07) is 7.36. The van der Waals surface area contributed by atoms with Crippen molar-refractivity contribution in [2.45, 2.75) is 31.1 Å². The maximum Gasteiger partial charge on any atom is 0.265 e. The van der Waals surface area contributed by atoms with E-state index in [9.17, 15) is 8.42 Å². The molecule has 0 amide bonds. The van der Waals surface area contributed by atoms with E-state index in [1.54, 1.807) is 30.2 Å². The molecule has 0 fully saturated rings. The number of anilines is 1. The summed E-state index contributed by atoms with van der Waals surface area (Å²) in [5.74, 6) is 0.937. The molecule has 1 N–H and O–H groups in total. The van der Waals surface area contributed by atoms with E-state index in [1.807, 2.05) is 18.2 Å². The summed E-state index contributed by atoms with van der Waals surface area (Å²) >= 11 is 0. The lowest BCUT2D eigenvalue weighted by Gasteiger charge is -2.19. The molecule has 4 rings (SSSR count). The number of aryl methyl sites for hydroxylation is 1. The Hall–Kier alpha value is -3.40. The second kappa shape index (κ2) is 7.38. The number of methoxy groups -OCH3 is 1. The highest BCUT2D eigenvalue weighted by Crippen LogP contribution is 2.34. The van der Waals surface area contributed by atoms with Gasteiger partial charge in [-0.1, -0.05) is 20.8 Å². The maximum absolute atomic E-state index is 13.1. The van der Waals surface area contributed by atoms with Crippen molar-refractivity contribution in [3.63, 3.8) is 0 Å². The van der Waals surface area contributed by atoms with Crippen LogP contribution < -0.4 is 9.46 Å². The number of rotatable bonds is 5. The maximum atomic E-state index is 13.1. The second-order valence-corrected chi connectivity index (χ2v) is 9.91. The topological polar surface area (TPSA) is 104 Å². The zero-order valence-electron chi connectivity index (χ0n) is 18.0. The lowest BCUT2D eigenvalue weighted by atomic mass is 9.88. The van der Waals surface area contributed by atoms with Gasteiger partial charge in [0, 0.05) is 18.6 Å². The van der Waals surface area contributed by atoms with Crippen LogP contribution in [0.4, 0.5) is 5.69 Å². The fraction of sp³-hybridized carbons (Fsp3) is 0.286. The molecule has 31 heavy (non-hydrogen) atoms. The largest absolute Gasteiger partial charge is 0.494 e. The number of hydrogen-bond acceptors (Lipinski definition) is 6. The van der Waals surface area contributed by atoms with Gasteiger partial charge in [-0.05, 0) is 35.2 Å². The number of benzene rings is 1. The summed E-state index contributed by atoms with van der Waals surface area (Å²) in [7, 11) is -0.711. The van der Waals surface area contributed by atoms with E-state index in [4.69, 9.17) is 4.74 Å². The molecular weight excluding hydrogens is 416 g/mol. The summed E-state index contributed by atoms with van der Waals surface area (Å²) in [4.78, 5) is 4.34. The smallest absolute Gasteiger partial charge is 0.265 e. The summed E-state index contributed by atoms with van der Waals surface area (Å²) in [5.41, 5.74) is 1.94. The van der Waals surface area contributed by atoms with Gasteiger partial charge in [-0.15, -0.1) is 0 Å². The summed E-state index contributed by atoms with van der Waals surface area (Å²) in [6.07, 6.45) is 6.09. The standard InChI is InChI=1S/C21H24N6O3S/c1-21(2,3)15-8-9-22-18(10-15)27-13-16(12-24-27)31(28,29)25-19-17(30-5)7-6-14-11-23-26(4)20(14)19/h6-13,25H,1-5H3. The average Bonchev–Trinajstić information content (AvgIpc) is 3.36. The molecule has 0 spiro atoms. The van der Waals surface area contributed by atoms with Gasteiger partial charge in [-0.3, -0.25) is 9.40 Å². The van der Waals surface area contributed by atoms with Crippen LogP contribution in [0.25, 0.3) is 16.7 Å². The fourth-order valence-corrected chi connectivity index (χ4v) is 4.30. The Kier molecular flexibility index (Phi) is 4.97. The first-order valence-corrected chi connectivity index (χ1v) is 11.1. The van der Waals surface area contributed by atoms with E-state index < -0.39 is 10.0 Å². The van der Waals surface area contributed by atoms with Gasteiger partial charge >= 0.3 is 0 Å². The summed E-state index contributed by atoms with van der Waals surface area (Å²) in [6.45, 7) is 6.30. The molecule has 0 aliphatic carbocycles. The van der Waals surface area contributed by atoms with E-state index in [0.29, 0.717) is 22.8 Å². The molecule has 10 heteroatoms. The monoisotopic (exact) mass is 440 g/mol. The lowest BCUT2D eigenvalue weighted by Crippen LogP contribution is -2.14. The number of hydrogen-bond donors (Lipinski definition) is 1. The molecule has 4 aromatic rings. The number of ether oxygens (including phenoxy) is 1. The number of sulfonamides is 1. The molecular formula is C21H24N6O3S. The lowest BCUT2D eigenvalue weighted by molar-refractivity contribution is 0.417. The van der Waals surface area contributed by atoms with Crippen LogP contribution in [0.1, 0.15) is 26.3 Å². The zero-order valence-corrected chi connectivity index (χ0v) is 18.8. The van der Waals surface area contributed by atoms with Crippen LogP contribution in [0.5, 0.6) is 5.75 Å². The first-order chi connectivity index (χ1) is 14.6. The van der Waals surface area contributed by atoms with Gasteiger partial charge in [0.1, 0.15) is 16.3 Å². The van der Waals surface area contributed by atoms with Crippen LogP contribution in [0.15, 0.2) is 53.9 Å². The average molecular weight is 441 g/mol. The van der Waals surface area contributed by atoms with Gasteiger partial charge in [0.05, 0.1) is 31.2 Å². The molecule has 0 bridgehead atoms. The third kappa shape index (κ3) is 3.86. The second-order valence-electron chi connectivity index (χ2n) is 8.23. The Bertz CT molecular complexity index is 1370. The molecule has 0 radical (unpaired) electrons. The molecule has 9 nitrogen and oxygen atoms in total. The van der Waals surface area contributed by atoms with Gasteiger partial charge in [-0.2, -0.15) is 10.2 Å². The van der Waals surface area contributed by atoms with Crippen molar-refractivity contribution in [1.29, 1.82) is 0 Å². The Morgan fingerprint density at radius 3 is 2.58 bits per heavy atom. The summed E-state index contributed by atoms with van der Waals surface area (Å²) in [5, 5.41) is 9.22. The van der Waals surface area contributed by atoms with Crippen LogP contribution in [0.3, 0.4) is 0 Å². The van der Waals surface area contributed by atoms with Gasteiger partial charge in [0.2, 0.25) is 0 Å². The van der Waals surface area contributed by atoms with Crippen molar-refractivity contribution < 1.29 is 13.2 Å². The first-order valence-electron chi connectivity index (χ1n) is 9.63. The van der Waals surface area contributed by atoms with Crippen molar-refractivity contribution in [3.05, 3.63) is 54.6 Å². The molecule has 0 aliphatic rings. The highest BCUT2D eigenvalue weighted by molar-refractivity contribution is 7.92. The minimum Gasteiger partial charge on any atom is -0.494 e. The molecule has 0 unspecified atom stereocenters. The van der Waals surface area contributed by atoms with Gasteiger partial charge in [0.25, 0.3) is 10.0 Å². The zero-order chi connectivity index (χ0) is 22.4. The quantitative estimate of drug-likeness (QED) is 0.511. The number of nitrogens with one attached hydrogen (secondary N) is 1. The van der Waals surface area contributed by atoms with Crippen LogP contribution >= 0.6 is 0 Å². The van der Waals surface area contributed by atoms with E-state index >= 15 is 0 Å². The number of fused-ring (bicyclic) bond motifs is 1. The van der Waals surface area contributed by atoms with E-state index in [1.165, 1.54) is 24.2 Å². The van der Waals surface area contributed by atoms with Crippen molar-refractivity contribution in [1.82, 2.24) is 24.5 Å². The van der Waals surface area contributed by atoms with Crippen LogP contribution in [-0.2, 0) is 22.5 Å². The van der Waals surface area contributed by atoms with E-state index in [-0.39, 0.29) is 10.3 Å². The molecule has 0 atom stereocenters. The number of pyridine rings is 1. The van der Waals surface area contributed by atoms with Crippen LogP contribution in [0, 0.1) is 0 Å². The summed E-state index contributed by atoms with van der Waals surface area (Å²) < 4.78 is 37.4. The SMILES string of the molecule is COc1ccc2cnn(C)c2c1NS(=O)(=O)c1cnn(-c2cc(C(C)(C)C)ccn2)c1. The van der Waals surface area contributed by atoms with Gasteiger partial charge < -0.3 is 4.74 Å². The van der Waals surface area contributed by atoms with Gasteiger partial charge in [0.15, 0.2) is 5.82 Å².